The molecule has 0 aliphatic rings. The summed E-state index contributed by atoms with van der Waals surface area (Å²) in [6, 6.07) is 11.8. The zero-order valence-electron chi connectivity index (χ0n) is 13.3. The second-order valence-corrected chi connectivity index (χ2v) is 8.59. The van der Waals surface area contributed by atoms with E-state index < -0.39 is 15.8 Å². The van der Waals surface area contributed by atoms with Crippen LogP contribution >= 0.6 is 11.3 Å². The Morgan fingerprint density at radius 2 is 2.00 bits per heavy atom. The molecule has 6 nitrogen and oxygen atoms in total. The minimum absolute atomic E-state index is 0.00119. The van der Waals surface area contributed by atoms with Gasteiger partial charge in [0.25, 0.3) is 0 Å². The van der Waals surface area contributed by atoms with E-state index in [0.717, 1.165) is 11.1 Å². The maximum absolute atomic E-state index is 12.1. The van der Waals surface area contributed by atoms with Crippen molar-refractivity contribution in [1.29, 1.82) is 0 Å². The molecule has 3 rings (SSSR count). The van der Waals surface area contributed by atoms with Crippen LogP contribution in [0.25, 0.3) is 10.6 Å². The van der Waals surface area contributed by atoms with Crippen molar-refractivity contribution in [2.75, 3.05) is 6.26 Å². The van der Waals surface area contributed by atoms with E-state index in [0.29, 0.717) is 22.6 Å². The van der Waals surface area contributed by atoms with E-state index in [2.05, 4.69) is 5.16 Å². The Hall–Kier alpha value is -2.45. The molecule has 0 N–H and O–H groups in total. The van der Waals surface area contributed by atoms with E-state index in [1.54, 1.807) is 30.3 Å². The summed E-state index contributed by atoms with van der Waals surface area (Å²) >= 11 is 1.53. The molecule has 0 aliphatic carbocycles. The molecule has 0 saturated carbocycles. The van der Waals surface area contributed by atoms with Gasteiger partial charge in [-0.2, -0.15) is 0 Å². The smallest absolute Gasteiger partial charge is 0.338 e. The van der Waals surface area contributed by atoms with E-state index in [1.165, 1.54) is 11.3 Å². The van der Waals surface area contributed by atoms with E-state index in [4.69, 9.17) is 9.26 Å². The van der Waals surface area contributed by atoms with Gasteiger partial charge < -0.3 is 9.26 Å². The van der Waals surface area contributed by atoms with Gasteiger partial charge in [0, 0.05) is 12.3 Å². The predicted molar refractivity (Wildman–Crippen MR) is 93.9 cm³/mol. The van der Waals surface area contributed by atoms with Crippen molar-refractivity contribution in [2.24, 2.45) is 0 Å². The molecule has 3 aromatic rings. The van der Waals surface area contributed by atoms with Crippen molar-refractivity contribution in [2.45, 2.75) is 12.4 Å². The minimum atomic E-state index is -3.11. The number of nitrogens with zero attached hydrogens (tertiary/aromatic N) is 1. The Morgan fingerprint density at radius 1 is 1.24 bits per heavy atom. The monoisotopic (exact) mass is 377 g/mol. The maximum Gasteiger partial charge on any atom is 0.338 e. The number of ether oxygens (including phenoxy) is 1. The first-order valence-corrected chi connectivity index (χ1v) is 10.3. The van der Waals surface area contributed by atoms with E-state index in [-0.39, 0.29) is 12.4 Å². The van der Waals surface area contributed by atoms with Crippen LogP contribution in [0.4, 0.5) is 0 Å². The fraction of sp³-hybridized carbons (Fsp3) is 0.176. The second kappa shape index (κ2) is 7.20. The number of thiophene rings is 1. The summed E-state index contributed by atoms with van der Waals surface area (Å²) in [7, 11) is -3.11. The predicted octanol–water partition coefficient (Wildman–Crippen LogP) is 3.30. The van der Waals surface area contributed by atoms with Gasteiger partial charge in [-0.3, -0.25) is 0 Å². The van der Waals surface area contributed by atoms with Crippen LogP contribution in [-0.4, -0.2) is 25.8 Å². The average molecular weight is 377 g/mol. The van der Waals surface area contributed by atoms with Crippen LogP contribution < -0.4 is 0 Å². The highest BCUT2D eigenvalue weighted by molar-refractivity contribution is 7.89. The van der Waals surface area contributed by atoms with Gasteiger partial charge in [-0.1, -0.05) is 23.4 Å². The summed E-state index contributed by atoms with van der Waals surface area (Å²) in [5.41, 5.74) is 1.49. The highest BCUT2D eigenvalue weighted by atomic mass is 32.2. The van der Waals surface area contributed by atoms with Gasteiger partial charge in [-0.05, 0) is 29.1 Å². The summed E-state index contributed by atoms with van der Waals surface area (Å²) < 4.78 is 32.9. The van der Waals surface area contributed by atoms with Crippen molar-refractivity contribution < 1.29 is 22.5 Å². The first-order valence-electron chi connectivity index (χ1n) is 7.34. The molecule has 0 fully saturated rings. The second-order valence-electron chi connectivity index (χ2n) is 5.50. The van der Waals surface area contributed by atoms with Gasteiger partial charge >= 0.3 is 5.97 Å². The molecule has 2 heterocycles. The van der Waals surface area contributed by atoms with Crippen LogP contribution in [0.2, 0.25) is 0 Å². The van der Waals surface area contributed by atoms with Crippen molar-refractivity contribution in [1.82, 2.24) is 5.16 Å². The minimum Gasteiger partial charge on any atom is -0.455 e. The quantitative estimate of drug-likeness (QED) is 0.613. The molecule has 25 heavy (non-hydrogen) atoms. The molecule has 0 atom stereocenters. The van der Waals surface area contributed by atoms with E-state index in [9.17, 15) is 13.2 Å². The zero-order chi connectivity index (χ0) is 17.9. The molecule has 0 spiro atoms. The summed E-state index contributed by atoms with van der Waals surface area (Å²) in [6.07, 6.45) is 1.16. The third-order valence-electron chi connectivity index (χ3n) is 3.29. The average Bonchev–Trinajstić information content (AvgIpc) is 3.23. The Kier molecular flexibility index (Phi) is 5.00. The van der Waals surface area contributed by atoms with Crippen LogP contribution in [0, 0.1) is 0 Å². The number of aromatic nitrogens is 1. The number of hydrogen-bond donors (Lipinski definition) is 0. The summed E-state index contributed by atoms with van der Waals surface area (Å²) in [5.74, 6) is 0.0602. The molecule has 0 saturated heterocycles. The molecule has 0 bridgehead atoms. The van der Waals surface area contributed by atoms with Crippen molar-refractivity contribution in [3.05, 3.63) is 64.7 Å². The van der Waals surface area contributed by atoms with Crippen LogP contribution in [0.15, 0.2) is 52.4 Å². The third-order valence-corrected chi connectivity index (χ3v) is 5.03. The number of rotatable bonds is 6. The molecule has 0 aliphatic heterocycles. The lowest BCUT2D eigenvalue weighted by Gasteiger charge is -2.04. The van der Waals surface area contributed by atoms with Gasteiger partial charge in [-0.15, -0.1) is 11.3 Å². The lowest BCUT2D eigenvalue weighted by atomic mass is 10.1. The molecular formula is C17H15NO5S2. The lowest BCUT2D eigenvalue weighted by molar-refractivity contribution is 0.0464. The maximum atomic E-state index is 12.1. The number of carbonyl (C=O) groups is 1. The molecule has 8 heteroatoms. The van der Waals surface area contributed by atoms with Gasteiger partial charge in [-0.25, -0.2) is 13.2 Å². The van der Waals surface area contributed by atoms with Crippen LogP contribution in [-0.2, 0) is 26.9 Å². The first kappa shape index (κ1) is 17.4. The standard InChI is InChI=1S/C17H15NO5S2/c1-25(20,21)11-12-4-6-13(7-5-12)17(19)22-10-14-9-15(23-18-14)16-3-2-8-24-16/h2-9H,10-11H2,1H3. The Balaban J connectivity index is 1.59. The molecular weight excluding hydrogens is 362 g/mol. The topological polar surface area (TPSA) is 86.5 Å². The number of sulfone groups is 1. The number of hydrogen-bond acceptors (Lipinski definition) is 7. The first-order chi connectivity index (χ1) is 11.9. The van der Waals surface area contributed by atoms with Gasteiger partial charge in [0.1, 0.15) is 12.3 Å². The molecule has 0 radical (unpaired) electrons. The Morgan fingerprint density at radius 3 is 2.64 bits per heavy atom. The van der Waals surface area contributed by atoms with Crippen LogP contribution in [0.5, 0.6) is 0 Å². The lowest BCUT2D eigenvalue weighted by Crippen LogP contribution is -2.06. The number of carbonyl (C=O) groups excluding carboxylic acids is 1. The van der Waals surface area contributed by atoms with Crippen LogP contribution in [0.1, 0.15) is 21.6 Å². The molecule has 2 aromatic heterocycles. The number of esters is 1. The van der Waals surface area contributed by atoms with E-state index in [1.807, 2.05) is 17.5 Å². The van der Waals surface area contributed by atoms with Gasteiger partial charge in [0.2, 0.25) is 0 Å². The molecule has 130 valence electrons. The Bertz CT molecular complexity index is 957. The van der Waals surface area contributed by atoms with Crippen molar-refractivity contribution in [3.63, 3.8) is 0 Å². The molecule has 0 unspecified atom stereocenters. The third kappa shape index (κ3) is 4.77. The van der Waals surface area contributed by atoms with Gasteiger partial charge in [0.15, 0.2) is 15.6 Å². The normalized spacial score (nSPS) is 11.4. The molecule has 1 aromatic carbocycles. The largest absolute Gasteiger partial charge is 0.455 e. The van der Waals surface area contributed by atoms with Gasteiger partial charge in [0.05, 0.1) is 16.2 Å². The fourth-order valence-electron chi connectivity index (χ4n) is 2.18. The Labute approximate surface area is 149 Å². The summed E-state index contributed by atoms with van der Waals surface area (Å²) in [4.78, 5) is 13.0. The summed E-state index contributed by atoms with van der Waals surface area (Å²) in [6.45, 7) is -0.00119. The van der Waals surface area contributed by atoms with Crippen molar-refractivity contribution in [3.8, 4) is 10.6 Å². The van der Waals surface area contributed by atoms with Crippen LogP contribution in [0.3, 0.4) is 0 Å². The van der Waals surface area contributed by atoms with E-state index >= 15 is 0 Å². The summed E-state index contributed by atoms with van der Waals surface area (Å²) in [5, 5.41) is 5.82. The fourth-order valence-corrected chi connectivity index (χ4v) is 3.65. The highest BCUT2D eigenvalue weighted by Crippen LogP contribution is 2.25. The van der Waals surface area contributed by atoms with Crippen molar-refractivity contribution >= 4 is 27.1 Å². The molecule has 0 amide bonds. The zero-order valence-corrected chi connectivity index (χ0v) is 15.0. The highest BCUT2D eigenvalue weighted by Gasteiger charge is 2.12. The number of benzene rings is 1. The SMILES string of the molecule is CS(=O)(=O)Cc1ccc(C(=O)OCc2cc(-c3cccs3)on2)cc1.